The maximum atomic E-state index is 13.1. The fraction of sp³-hybridized carbons (Fsp3) is 0.345. The Morgan fingerprint density at radius 2 is 1.53 bits per heavy atom. The minimum absolute atomic E-state index is 0.0205. The van der Waals surface area contributed by atoms with E-state index in [9.17, 15) is 4.79 Å². The lowest BCUT2D eigenvalue weighted by Crippen LogP contribution is -2.56. The van der Waals surface area contributed by atoms with Crippen LogP contribution in [0.25, 0.3) is 0 Å². The molecule has 5 heteroatoms. The maximum Gasteiger partial charge on any atom is 0.410 e. The molecule has 0 unspecified atom stereocenters. The van der Waals surface area contributed by atoms with E-state index in [1.165, 1.54) is 5.56 Å². The Kier molecular flexibility index (Phi) is 7.53. The van der Waals surface area contributed by atoms with Gasteiger partial charge in [0.25, 0.3) is 0 Å². The first-order valence-electron chi connectivity index (χ1n) is 11.9. The highest BCUT2D eigenvalue weighted by atomic mass is 16.6. The van der Waals surface area contributed by atoms with Crippen molar-refractivity contribution in [1.82, 2.24) is 9.80 Å². The summed E-state index contributed by atoms with van der Waals surface area (Å²) >= 11 is 0. The van der Waals surface area contributed by atoms with Crippen molar-refractivity contribution in [2.75, 3.05) is 19.6 Å². The standard InChI is InChI=1S/C29H34N2O3/c1-29(2,3)34-28(32)31-19-18-30(21-23-12-6-4-7-13-23)22-25(31)20-24-14-10-11-17-27(24)33-26-15-8-5-9-16-26/h4-17,25H,18-22H2,1-3H3/t25-/m1/s1. The molecule has 0 aromatic heterocycles. The normalized spacial score (nSPS) is 16.8. The molecule has 0 N–H and O–H groups in total. The molecular formula is C29H34N2O3. The summed E-state index contributed by atoms with van der Waals surface area (Å²) in [5.74, 6) is 1.62. The third-order valence-corrected chi connectivity index (χ3v) is 5.84. The largest absolute Gasteiger partial charge is 0.457 e. The first-order chi connectivity index (χ1) is 16.4. The third-order valence-electron chi connectivity index (χ3n) is 5.84. The van der Waals surface area contributed by atoms with Crippen molar-refractivity contribution in [3.05, 3.63) is 96.1 Å². The summed E-state index contributed by atoms with van der Waals surface area (Å²) in [5.41, 5.74) is 1.82. The summed E-state index contributed by atoms with van der Waals surface area (Å²) < 4.78 is 12.0. The monoisotopic (exact) mass is 458 g/mol. The predicted octanol–water partition coefficient (Wildman–Crippen LogP) is 6.14. The van der Waals surface area contributed by atoms with Crippen molar-refractivity contribution in [3.8, 4) is 11.5 Å². The maximum absolute atomic E-state index is 13.1. The number of nitrogens with zero attached hydrogens (tertiary/aromatic N) is 2. The van der Waals surface area contributed by atoms with Crippen molar-refractivity contribution < 1.29 is 14.3 Å². The molecule has 5 nitrogen and oxygen atoms in total. The number of piperazine rings is 1. The van der Waals surface area contributed by atoms with Crippen LogP contribution in [0.1, 0.15) is 31.9 Å². The molecule has 1 fully saturated rings. The lowest BCUT2D eigenvalue weighted by Gasteiger charge is -2.42. The SMILES string of the molecule is CC(C)(C)OC(=O)N1CCN(Cc2ccccc2)C[C@H]1Cc1ccccc1Oc1ccccc1. The Morgan fingerprint density at radius 3 is 2.24 bits per heavy atom. The van der Waals surface area contributed by atoms with Gasteiger partial charge in [-0.25, -0.2) is 4.79 Å². The van der Waals surface area contributed by atoms with E-state index < -0.39 is 5.60 Å². The molecule has 1 heterocycles. The Hall–Kier alpha value is -3.31. The molecule has 3 aromatic rings. The Balaban J connectivity index is 1.55. The highest BCUT2D eigenvalue weighted by molar-refractivity contribution is 5.69. The second-order valence-corrected chi connectivity index (χ2v) is 9.78. The number of hydrogen-bond acceptors (Lipinski definition) is 4. The van der Waals surface area contributed by atoms with E-state index in [-0.39, 0.29) is 12.1 Å². The molecule has 0 radical (unpaired) electrons. The molecule has 1 atom stereocenters. The van der Waals surface area contributed by atoms with Crippen LogP contribution in [-0.4, -0.2) is 47.2 Å². The van der Waals surface area contributed by atoms with E-state index in [1.807, 2.05) is 80.3 Å². The van der Waals surface area contributed by atoms with Gasteiger partial charge in [-0.05, 0) is 56.5 Å². The van der Waals surface area contributed by atoms with Gasteiger partial charge in [0.2, 0.25) is 0 Å². The minimum atomic E-state index is -0.531. The van der Waals surface area contributed by atoms with Crippen LogP contribution in [0.5, 0.6) is 11.5 Å². The molecule has 3 aromatic carbocycles. The molecule has 1 aliphatic heterocycles. The first kappa shape index (κ1) is 23.8. The summed E-state index contributed by atoms with van der Waals surface area (Å²) in [6.45, 7) is 8.81. The van der Waals surface area contributed by atoms with Crippen molar-refractivity contribution >= 4 is 6.09 Å². The first-order valence-corrected chi connectivity index (χ1v) is 11.9. The Bertz CT molecular complexity index is 1060. The number of benzene rings is 3. The summed E-state index contributed by atoms with van der Waals surface area (Å²) in [6.07, 6.45) is 0.436. The molecule has 34 heavy (non-hydrogen) atoms. The van der Waals surface area contributed by atoms with Gasteiger partial charge in [-0.2, -0.15) is 0 Å². The van der Waals surface area contributed by atoms with Gasteiger partial charge in [-0.15, -0.1) is 0 Å². The predicted molar refractivity (Wildman–Crippen MR) is 135 cm³/mol. The van der Waals surface area contributed by atoms with Gasteiger partial charge in [-0.1, -0.05) is 66.7 Å². The third kappa shape index (κ3) is 6.61. The van der Waals surface area contributed by atoms with Crippen LogP contribution < -0.4 is 4.74 Å². The van der Waals surface area contributed by atoms with Crippen LogP contribution in [0, 0.1) is 0 Å². The molecule has 0 bridgehead atoms. The average molecular weight is 459 g/mol. The van der Waals surface area contributed by atoms with E-state index in [0.717, 1.165) is 36.7 Å². The molecular weight excluding hydrogens is 424 g/mol. The number of amides is 1. The minimum Gasteiger partial charge on any atom is -0.457 e. The van der Waals surface area contributed by atoms with E-state index in [2.05, 4.69) is 35.2 Å². The highest BCUT2D eigenvalue weighted by Gasteiger charge is 2.34. The number of ether oxygens (including phenoxy) is 2. The number of para-hydroxylation sites is 2. The lowest BCUT2D eigenvalue weighted by molar-refractivity contribution is -0.00240. The zero-order valence-corrected chi connectivity index (χ0v) is 20.3. The van der Waals surface area contributed by atoms with Gasteiger partial charge in [0.05, 0.1) is 6.04 Å². The Labute approximate surface area is 202 Å². The van der Waals surface area contributed by atoms with E-state index in [1.54, 1.807) is 0 Å². The van der Waals surface area contributed by atoms with Crippen LogP contribution in [-0.2, 0) is 17.7 Å². The summed E-state index contributed by atoms with van der Waals surface area (Å²) in [7, 11) is 0. The smallest absolute Gasteiger partial charge is 0.410 e. The molecule has 178 valence electrons. The van der Waals surface area contributed by atoms with Gasteiger partial charge in [-0.3, -0.25) is 4.90 Å². The van der Waals surface area contributed by atoms with Crippen molar-refractivity contribution in [1.29, 1.82) is 0 Å². The van der Waals surface area contributed by atoms with Crippen LogP contribution in [0.2, 0.25) is 0 Å². The summed E-state index contributed by atoms with van der Waals surface area (Å²) in [5, 5.41) is 0. The topological polar surface area (TPSA) is 42.0 Å². The van der Waals surface area contributed by atoms with Gasteiger partial charge in [0.15, 0.2) is 0 Å². The zero-order valence-electron chi connectivity index (χ0n) is 20.3. The lowest BCUT2D eigenvalue weighted by atomic mass is 10.0. The van der Waals surface area contributed by atoms with Gasteiger partial charge >= 0.3 is 6.09 Å². The molecule has 1 saturated heterocycles. The fourth-order valence-corrected chi connectivity index (χ4v) is 4.28. The zero-order chi connectivity index (χ0) is 24.0. The second-order valence-electron chi connectivity index (χ2n) is 9.78. The quantitative estimate of drug-likeness (QED) is 0.445. The molecule has 0 aliphatic carbocycles. The summed E-state index contributed by atoms with van der Waals surface area (Å²) in [4.78, 5) is 17.4. The summed E-state index contributed by atoms with van der Waals surface area (Å²) in [6, 6.07) is 28.3. The van der Waals surface area contributed by atoms with Gasteiger partial charge in [0.1, 0.15) is 17.1 Å². The van der Waals surface area contributed by atoms with E-state index >= 15 is 0 Å². The molecule has 1 aliphatic rings. The highest BCUT2D eigenvalue weighted by Crippen LogP contribution is 2.28. The molecule has 0 spiro atoms. The molecule has 0 saturated carbocycles. The van der Waals surface area contributed by atoms with Crippen molar-refractivity contribution in [2.45, 2.75) is 45.4 Å². The van der Waals surface area contributed by atoms with Crippen LogP contribution in [0.15, 0.2) is 84.9 Å². The van der Waals surface area contributed by atoms with Crippen LogP contribution in [0.4, 0.5) is 4.79 Å². The number of carbonyl (C=O) groups is 1. The number of hydrogen-bond donors (Lipinski definition) is 0. The Morgan fingerprint density at radius 1 is 0.882 bits per heavy atom. The van der Waals surface area contributed by atoms with E-state index in [4.69, 9.17) is 9.47 Å². The molecule has 1 amide bonds. The molecule has 4 rings (SSSR count). The van der Waals surface area contributed by atoms with E-state index in [0.29, 0.717) is 13.0 Å². The van der Waals surface area contributed by atoms with Gasteiger partial charge < -0.3 is 14.4 Å². The van der Waals surface area contributed by atoms with Crippen molar-refractivity contribution in [3.63, 3.8) is 0 Å². The van der Waals surface area contributed by atoms with Crippen LogP contribution >= 0.6 is 0 Å². The number of carbonyl (C=O) groups excluding carboxylic acids is 1. The van der Waals surface area contributed by atoms with Crippen LogP contribution in [0.3, 0.4) is 0 Å². The average Bonchev–Trinajstić information content (AvgIpc) is 2.81. The fourth-order valence-electron chi connectivity index (χ4n) is 4.28. The second kappa shape index (κ2) is 10.7. The van der Waals surface area contributed by atoms with Crippen molar-refractivity contribution in [2.24, 2.45) is 0 Å². The van der Waals surface area contributed by atoms with Gasteiger partial charge in [0, 0.05) is 26.2 Å². The number of rotatable bonds is 6.